The van der Waals surface area contributed by atoms with Crippen LogP contribution >= 0.6 is 24.8 Å². The van der Waals surface area contributed by atoms with Crippen LogP contribution < -0.4 is 5.73 Å². The third-order valence-corrected chi connectivity index (χ3v) is 3.67. The number of carbonyl (C=O) groups excluding carboxylic acids is 1. The lowest BCUT2D eigenvalue weighted by atomic mass is 9.92. The van der Waals surface area contributed by atoms with Crippen molar-refractivity contribution in [3.63, 3.8) is 0 Å². The van der Waals surface area contributed by atoms with E-state index in [-0.39, 0.29) is 36.8 Å². The van der Waals surface area contributed by atoms with Gasteiger partial charge in [0.15, 0.2) is 0 Å². The van der Waals surface area contributed by atoms with Crippen LogP contribution in [0.15, 0.2) is 18.3 Å². The average molecular weight is 320 g/mol. The number of halogens is 2. The number of hydrogen-bond donors (Lipinski definition) is 1. The van der Waals surface area contributed by atoms with Crippen LogP contribution in [0.1, 0.15) is 35.8 Å². The Morgan fingerprint density at radius 1 is 1.45 bits per heavy atom. The SMILES string of the molecule is Cc1ccc(C(=O)N2CCC(C)CC2CN)cn1.Cl.Cl. The molecule has 2 N–H and O–H groups in total. The van der Waals surface area contributed by atoms with Gasteiger partial charge < -0.3 is 10.6 Å². The fraction of sp³-hybridized carbons (Fsp3) is 0.571. The van der Waals surface area contributed by atoms with Gasteiger partial charge in [0.05, 0.1) is 5.56 Å². The molecular formula is C14H23Cl2N3O. The molecule has 1 amide bonds. The highest BCUT2D eigenvalue weighted by Gasteiger charge is 2.29. The summed E-state index contributed by atoms with van der Waals surface area (Å²) in [7, 11) is 0. The van der Waals surface area contributed by atoms with Crippen molar-refractivity contribution >= 4 is 30.7 Å². The van der Waals surface area contributed by atoms with Gasteiger partial charge in [0.25, 0.3) is 5.91 Å². The Morgan fingerprint density at radius 2 is 2.15 bits per heavy atom. The number of aryl methyl sites for hydroxylation is 1. The third kappa shape index (κ3) is 4.33. The third-order valence-electron chi connectivity index (χ3n) is 3.67. The number of nitrogens with zero attached hydrogens (tertiary/aromatic N) is 2. The van der Waals surface area contributed by atoms with E-state index in [1.807, 2.05) is 24.0 Å². The molecule has 4 nitrogen and oxygen atoms in total. The molecule has 1 aromatic heterocycles. The second-order valence-electron chi connectivity index (χ2n) is 5.21. The maximum atomic E-state index is 12.4. The van der Waals surface area contributed by atoms with Gasteiger partial charge in [-0.05, 0) is 37.8 Å². The van der Waals surface area contributed by atoms with Gasteiger partial charge in [0, 0.05) is 31.0 Å². The van der Waals surface area contributed by atoms with Crippen LogP contribution in [-0.2, 0) is 0 Å². The van der Waals surface area contributed by atoms with Gasteiger partial charge >= 0.3 is 0 Å². The minimum Gasteiger partial charge on any atom is -0.334 e. The molecule has 2 heterocycles. The molecule has 0 spiro atoms. The molecule has 0 aliphatic carbocycles. The van der Waals surface area contributed by atoms with Crippen LogP contribution in [0.4, 0.5) is 0 Å². The first kappa shape index (κ1) is 19.2. The normalized spacial score (nSPS) is 21.6. The summed E-state index contributed by atoms with van der Waals surface area (Å²) in [5, 5.41) is 0. The van der Waals surface area contributed by atoms with E-state index in [1.165, 1.54) is 0 Å². The first-order valence-electron chi connectivity index (χ1n) is 6.55. The topological polar surface area (TPSA) is 59.2 Å². The lowest BCUT2D eigenvalue weighted by molar-refractivity contribution is 0.0573. The second kappa shape index (κ2) is 8.45. The maximum absolute atomic E-state index is 12.4. The molecule has 2 rings (SSSR count). The number of aromatic nitrogens is 1. The van der Waals surface area contributed by atoms with Gasteiger partial charge in [-0.25, -0.2) is 0 Å². The fourth-order valence-corrected chi connectivity index (χ4v) is 2.50. The molecule has 0 aromatic carbocycles. The average Bonchev–Trinajstić information content (AvgIpc) is 2.38. The number of pyridine rings is 1. The molecule has 2 atom stereocenters. The van der Waals surface area contributed by atoms with E-state index in [0.717, 1.165) is 25.1 Å². The summed E-state index contributed by atoms with van der Waals surface area (Å²) in [6.07, 6.45) is 3.71. The second-order valence-corrected chi connectivity index (χ2v) is 5.21. The summed E-state index contributed by atoms with van der Waals surface area (Å²) in [6.45, 7) is 5.47. The molecule has 20 heavy (non-hydrogen) atoms. The van der Waals surface area contributed by atoms with E-state index in [2.05, 4.69) is 11.9 Å². The summed E-state index contributed by atoms with van der Waals surface area (Å²) in [5.74, 6) is 0.712. The van der Waals surface area contributed by atoms with Gasteiger partial charge in [-0.3, -0.25) is 9.78 Å². The van der Waals surface area contributed by atoms with Crippen molar-refractivity contribution in [3.05, 3.63) is 29.6 Å². The molecule has 2 unspecified atom stereocenters. The Balaban J connectivity index is 0.00000180. The summed E-state index contributed by atoms with van der Waals surface area (Å²) >= 11 is 0. The lowest BCUT2D eigenvalue weighted by Gasteiger charge is -2.38. The zero-order valence-electron chi connectivity index (χ0n) is 11.9. The Bertz CT molecular complexity index is 425. The van der Waals surface area contributed by atoms with E-state index in [0.29, 0.717) is 18.0 Å². The minimum absolute atomic E-state index is 0. The molecule has 1 fully saturated rings. The number of likely N-dealkylation sites (tertiary alicyclic amines) is 1. The van der Waals surface area contributed by atoms with Crippen LogP contribution in [0.2, 0.25) is 0 Å². The van der Waals surface area contributed by atoms with E-state index < -0.39 is 0 Å². The molecule has 1 aliphatic heterocycles. The van der Waals surface area contributed by atoms with Crippen LogP contribution in [0.5, 0.6) is 0 Å². The smallest absolute Gasteiger partial charge is 0.255 e. The van der Waals surface area contributed by atoms with Crippen molar-refractivity contribution in [2.75, 3.05) is 13.1 Å². The van der Waals surface area contributed by atoms with Gasteiger partial charge in [0.1, 0.15) is 0 Å². The van der Waals surface area contributed by atoms with Crippen molar-refractivity contribution in [1.82, 2.24) is 9.88 Å². The van der Waals surface area contributed by atoms with Crippen LogP contribution in [0.3, 0.4) is 0 Å². The molecule has 1 aliphatic rings. The minimum atomic E-state index is 0. The van der Waals surface area contributed by atoms with E-state index in [1.54, 1.807) is 6.20 Å². The predicted octanol–water partition coefficient (Wildman–Crippen LogP) is 2.43. The maximum Gasteiger partial charge on any atom is 0.255 e. The quantitative estimate of drug-likeness (QED) is 0.910. The number of piperidine rings is 1. The number of carbonyl (C=O) groups is 1. The number of hydrogen-bond acceptors (Lipinski definition) is 3. The number of rotatable bonds is 2. The largest absolute Gasteiger partial charge is 0.334 e. The van der Waals surface area contributed by atoms with Crippen LogP contribution in [0.25, 0.3) is 0 Å². The van der Waals surface area contributed by atoms with Crippen molar-refractivity contribution in [2.24, 2.45) is 11.7 Å². The first-order chi connectivity index (χ1) is 8.61. The zero-order valence-corrected chi connectivity index (χ0v) is 13.5. The Hall–Kier alpha value is -0.840. The fourth-order valence-electron chi connectivity index (χ4n) is 2.50. The van der Waals surface area contributed by atoms with Crippen molar-refractivity contribution < 1.29 is 4.79 Å². The highest BCUT2D eigenvalue weighted by molar-refractivity contribution is 5.94. The molecular weight excluding hydrogens is 297 g/mol. The molecule has 114 valence electrons. The summed E-state index contributed by atoms with van der Waals surface area (Å²) in [5.41, 5.74) is 7.37. The van der Waals surface area contributed by atoms with E-state index in [4.69, 9.17) is 5.73 Å². The molecule has 0 radical (unpaired) electrons. The van der Waals surface area contributed by atoms with E-state index in [9.17, 15) is 4.79 Å². The highest BCUT2D eigenvalue weighted by Crippen LogP contribution is 2.23. The Labute approximate surface area is 132 Å². The predicted molar refractivity (Wildman–Crippen MR) is 85.7 cm³/mol. The van der Waals surface area contributed by atoms with Crippen LogP contribution in [-0.4, -0.2) is 34.9 Å². The molecule has 0 bridgehead atoms. The summed E-state index contributed by atoms with van der Waals surface area (Å²) < 4.78 is 0. The summed E-state index contributed by atoms with van der Waals surface area (Å²) in [6, 6.07) is 3.88. The highest BCUT2D eigenvalue weighted by atomic mass is 35.5. The monoisotopic (exact) mass is 319 g/mol. The van der Waals surface area contributed by atoms with Crippen molar-refractivity contribution in [2.45, 2.75) is 32.7 Å². The van der Waals surface area contributed by atoms with Gasteiger partial charge in [-0.2, -0.15) is 0 Å². The summed E-state index contributed by atoms with van der Waals surface area (Å²) in [4.78, 5) is 18.5. The molecule has 6 heteroatoms. The first-order valence-corrected chi connectivity index (χ1v) is 6.55. The Kier molecular flexibility index (Phi) is 8.09. The van der Waals surface area contributed by atoms with E-state index >= 15 is 0 Å². The molecule has 0 saturated carbocycles. The number of nitrogens with two attached hydrogens (primary N) is 1. The van der Waals surface area contributed by atoms with Crippen LogP contribution in [0, 0.1) is 12.8 Å². The van der Waals surface area contributed by atoms with Crippen molar-refractivity contribution in [3.8, 4) is 0 Å². The molecule has 1 saturated heterocycles. The zero-order chi connectivity index (χ0) is 13.1. The van der Waals surface area contributed by atoms with Gasteiger partial charge in [-0.1, -0.05) is 6.92 Å². The lowest BCUT2D eigenvalue weighted by Crippen LogP contribution is -2.49. The van der Waals surface area contributed by atoms with Crippen molar-refractivity contribution in [1.29, 1.82) is 0 Å². The number of amides is 1. The van der Waals surface area contributed by atoms with Gasteiger partial charge in [0.2, 0.25) is 0 Å². The van der Waals surface area contributed by atoms with Gasteiger partial charge in [-0.15, -0.1) is 24.8 Å². The standard InChI is InChI=1S/C14H21N3O.2ClH/c1-10-5-6-17(13(7-10)8-15)14(18)12-4-3-11(2)16-9-12;;/h3-4,9-10,13H,5-8,15H2,1-2H3;2*1H. The molecule has 1 aromatic rings. The Morgan fingerprint density at radius 3 is 2.70 bits per heavy atom.